The Kier molecular flexibility index (Phi) is 5.20. The number of likely N-dealkylation sites (tertiary alicyclic amines) is 1. The Morgan fingerprint density at radius 3 is 2.42 bits per heavy atom. The van der Waals surface area contributed by atoms with Crippen LogP contribution < -0.4 is 0 Å². The summed E-state index contributed by atoms with van der Waals surface area (Å²) in [5, 5.41) is 9.29. The lowest BCUT2D eigenvalue weighted by molar-refractivity contribution is -0.145. The molecule has 0 unspecified atom stereocenters. The molecule has 0 aromatic heterocycles. The molecule has 110 valence electrons. The van der Waals surface area contributed by atoms with Crippen LogP contribution >= 0.6 is 0 Å². The lowest BCUT2D eigenvalue weighted by atomic mass is 9.93. The highest BCUT2D eigenvalue weighted by molar-refractivity contribution is 5.80. The molecule has 19 heavy (non-hydrogen) atoms. The van der Waals surface area contributed by atoms with Crippen molar-refractivity contribution in [1.29, 1.82) is 0 Å². The number of piperidine rings is 1. The van der Waals surface area contributed by atoms with Crippen molar-refractivity contribution >= 4 is 12.1 Å². The molecule has 0 radical (unpaired) electrons. The summed E-state index contributed by atoms with van der Waals surface area (Å²) in [4.78, 5) is 25.0. The van der Waals surface area contributed by atoms with Gasteiger partial charge in [-0.1, -0.05) is 13.3 Å². The second-order valence-corrected chi connectivity index (χ2v) is 6.12. The minimum atomic E-state index is -0.938. The van der Waals surface area contributed by atoms with Gasteiger partial charge in [0.05, 0.1) is 0 Å². The topological polar surface area (TPSA) is 66.8 Å². The molecule has 0 aromatic rings. The minimum absolute atomic E-state index is 0.0188. The monoisotopic (exact) mass is 271 g/mol. The minimum Gasteiger partial charge on any atom is -0.480 e. The molecule has 1 aliphatic rings. The molecular formula is C14H25NO4. The summed E-state index contributed by atoms with van der Waals surface area (Å²) in [6, 6.07) is -0.769. The van der Waals surface area contributed by atoms with E-state index in [9.17, 15) is 14.7 Å². The van der Waals surface area contributed by atoms with Crippen LogP contribution in [0.4, 0.5) is 4.79 Å². The number of aliphatic carboxylic acids is 1. The van der Waals surface area contributed by atoms with Crippen LogP contribution in [0.15, 0.2) is 0 Å². The van der Waals surface area contributed by atoms with Crippen molar-refractivity contribution in [2.24, 2.45) is 0 Å². The normalized spacial score (nSPS) is 24.1. The Morgan fingerprint density at radius 1 is 1.32 bits per heavy atom. The lowest BCUT2D eigenvalue weighted by Gasteiger charge is -2.40. The van der Waals surface area contributed by atoms with Gasteiger partial charge >= 0.3 is 12.1 Å². The molecule has 1 saturated heterocycles. The van der Waals surface area contributed by atoms with E-state index < -0.39 is 23.7 Å². The van der Waals surface area contributed by atoms with Crippen molar-refractivity contribution in [2.75, 3.05) is 0 Å². The molecule has 5 heteroatoms. The SMILES string of the molecule is CCC[C@@H]1CCC[C@H](C(=O)O)N1C(=O)OC(C)(C)C. The number of carboxylic acids is 1. The van der Waals surface area contributed by atoms with Crippen LogP contribution in [0.1, 0.15) is 59.8 Å². The van der Waals surface area contributed by atoms with Gasteiger partial charge in [-0.2, -0.15) is 0 Å². The summed E-state index contributed by atoms with van der Waals surface area (Å²) in [5.74, 6) is -0.938. The first-order chi connectivity index (χ1) is 8.76. The van der Waals surface area contributed by atoms with Crippen LogP contribution in [0, 0.1) is 0 Å². The van der Waals surface area contributed by atoms with Crippen molar-refractivity contribution < 1.29 is 19.4 Å². The fraction of sp³-hybridized carbons (Fsp3) is 0.857. The third kappa shape index (κ3) is 4.40. The molecule has 1 heterocycles. The van der Waals surface area contributed by atoms with Crippen LogP contribution in [0.2, 0.25) is 0 Å². The van der Waals surface area contributed by atoms with Crippen molar-refractivity contribution in [3.8, 4) is 0 Å². The molecule has 0 spiro atoms. The van der Waals surface area contributed by atoms with Crippen LogP contribution in [0.25, 0.3) is 0 Å². The molecule has 1 rings (SSSR count). The van der Waals surface area contributed by atoms with E-state index in [1.165, 1.54) is 4.90 Å². The average Bonchev–Trinajstić information content (AvgIpc) is 2.26. The zero-order chi connectivity index (χ0) is 14.6. The second-order valence-electron chi connectivity index (χ2n) is 6.12. The van der Waals surface area contributed by atoms with E-state index >= 15 is 0 Å². The molecule has 0 saturated carbocycles. The summed E-state index contributed by atoms with van der Waals surface area (Å²) in [6.07, 6.45) is 3.46. The third-order valence-electron chi connectivity index (χ3n) is 3.26. The number of amides is 1. The van der Waals surface area contributed by atoms with Gasteiger partial charge in [-0.15, -0.1) is 0 Å². The van der Waals surface area contributed by atoms with Crippen molar-refractivity contribution in [2.45, 2.75) is 77.5 Å². The van der Waals surface area contributed by atoms with Gasteiger partial charge in [-0.25, -0.2) is 9.59 Å². The number of carboxylic acid groups (broad SMARTS) is 1. The van der Waals surface area contributed by atoms with E-state index in [-0.39, 0.29) is 6.04 Å². The van der Waals surface area contributed by atoms with Crippen LogP contribution in [0.5, 0.6) is 0 Å². The Hall–Kier alpha value is -1.26. The second kappa shape index (κ2) is 6.26. The fourth-order valence-corrected chi connectivity index (χ4v) is 2.53. The van der Waals surface area contributed by atoms with Gasteiger partial charge < -0.3 is 9.84 Å². The van der Waals surface area contributed by atoms with Crippen LogP contribution in [-0.2, 0) is 9.53 Å². The van der Waals surface area contributed by atoms with Gasteiger partial charge in [-0.05, 0) is 46.5 Å². The summed E-state index contributed by atoms with van der Waals surface area (Å²) in [5.41, 5.74) is -0.603. The fourth-order valence-electron chi connectivity index (χ4n) is 2.53. The number of carbonyl (C=O) groups excluding carboxylic acids is 1. The van der Waals surface area contributed by atoms with E-state index in [4.69, 9.17) is 4.74 Å². The van der Waals surface area contributed by atoms with Gasteiger partial charge in [-0.3, -0.25) is 4.90 Å². The van der Waals surface area contributed by atoms with Gasteiger partial charge in [0.25, 0.3) is 0 Å². The Labute approximate surface area is 114 Å². The highest BCUT2D eigenvalue weighted by atomic mass is 16.6. The first-order valence-corrected chi connectivity index (χ1v) is 7.00. The summed E-state index contributed by atoms with van der Waals surface area (Å²) in [7, 11) is 0. The molecule has 1 aliphatic heterocycles. The molecule has 5 nitrogen and oxygen atoms in total. The number of hydrogen-bond donors (Lipinski definition) is 1. The van der Waals surface area contributed by atoms with E-state index in [1.807, 2.05) is 6.92 Å². The molecule has 1 fully saturated rings. The van der Waals surface area contributed by atoms with Crippen LogP contribution in [-0.4, -0.2) is 39.8 Å². The van der Waals surface area contributed by atoms with Crippen molar-refractivity contribution in [3.05, 3.63) is 0 Å². The highest BCUT2D eigenvalue weighted by Gasteiger charge is 2.39. The van der Waals surface area contributed by atoms with E-state index in [0.717, 1.165) is 25.7 Å². The number of rotatable bonds is 3. The quantitative estimate of drug-likeness (QED) is 0.856. The van der Waals surface area contributed by atoms with Crippen molar-refractivity contribution in [1.82, 2.24) is 4.90 Å². The molecule has 0 aliphatic carbocycles. The standard InChI is InChI=1S/C14H25NO4/c1-5-7-10-8-6-9-11(12(16)17)15(10)13(18)19-14(2,3)4/h10-11H,5-9H2,1-4H3,(H,16,17)/t10-,11-/m1/s1. The van der Waals surface area contributed by atoms with E-state index in [2.05, 4.69) is 0 Å². The third-order valence-corrected chi connectivity index (χ3v) is 3.26. The van der Waals surface area contributed by atoms with Gasteiger partial charge in [0.15, 0.2) is 0 Å². The molecule has 2 atom stereocenters. The zero-order valence-electron chi connectivity index (χ0n) is 12.3. The van der Waals surface area contributed by atoms with Gasteiger partial charge in [0, 0.05) is 6.04 Å². The van der Waals surface area contributed by atoms with E-state index in [1.54, 1.807) is 20.8 Å². The Morgan fingerprint density at radius 2 is 1.95 bits per heavy atom. The number of carbonyl (C=O) groups is 2. The van der Waals surface area contributed by atoms with Crippen molar-refractivity contribution in [3.63, 3.8) is 0 Å². The molecule has 0 aromatic carbocycles. The van der Waals surface area contributed by atoms with Gasteiger partial charge in [0.2, 0.25) is 0 Å². The maximum absolute atomic E-state index is 12.3. The maximum Gasteiger partial charge on any atom is 0.411 e. The predicted molar refractivity (Wildman–Crippen MR) is 72.0 cm³/mol. The summed E-state index contributed by atoms with van der Waals surface area (Å²) in [6.45, 7) is 7.41. The molecule has 0 bridgehead atoms. The highest BCUT2D eigenvalue weighted by Crippen LogP contribution is 2.28. The average molecular weight is 271 g/mol. The number of nitrogens with zero attached hydrogens (tertiary/aromatic N) is 1. The van der Waals surface area contributed by atoms with Gasteiger partial charge in [0.1, 0.15) is 11.6 Å². The largest absolute Gasteiger partial charge is 0.480 e. The first kappa shape index (κ1) is 15.8. The zero-order valence-corrected chi connectivity index (χ0v) is 12.3. The molecular weight excluding hydrogens is 246 g/mol. The van der Waals surface area contributed by atoms with Crippen LogP contribution in [0.3, 0.4) is 0 Å². The number of ether oxygens (including phenoxy) is 1. The summed E-state index contributed by atoms with van der Waals surface area (Å²) >= 11 is 0. The smallest absolute Gasteiger partial charge is 0.411 e. The first-order valence-electron chi connectivity index (χ1n) is 7.00. The van der Waals surface area contributed by atoms with E-state index in [0.29, 0.717) is 6.42 Å². The summed E-state index contributed by atoms with van der Waals surface area (Å²) < 4.78 is 5.36. The lowest BCUT2D eigenvalue weighted by Crippen LogP contribution is -2.54. The Balaban J connectivity index is 2.90. The number of hydrogen-bond acceptors (Lipinski definition) is 3. The Bertz CT molecular complexity index is 333. The molecule has 1 amide bonds. The maximum atomic E-state index is 12.3. The molecule has 1 N–H and O–H groups in total. The predicted octanol–water partition coefficient (Wildman–Crippen LogP) is 3.03.